The molecule has 0 spiro atoms. The molecule has 0 fully saturated rings. The summed E-state index contributed by atoms with van der Waals surface area (Å²) in [5.41, 5.74) is 7.89. The van der Waals surface area contributed by atoms with Crippen molar-refractivity contribution < 1.29 is 9.53 Å². The van der Waals surface area contributed by atoms with Crippen molar-refractivity contribution in [2.75, 3.05) is 25.5 Å². The lowest BCUT2D eigenvalue weighted by Gasteiger charge is -2.05. The molecule has 5 heteroatoms. The number of carbonyl (C=O) groups excluding carboxylic acids is 1. The molecular formula is C15H21N3O2. The summed E-state index contributed by atoms with van der Waals surface area (Å²) in [4.78, 5) is 15.1. The lowest BCUT2D eigenvalue weighted by Crippen LogP contribution is -2.27. The maximum absolute atomic E-state index is 12.1. The quantitative estimate of drug-likeness (QED) is 0.536. The minimum atomic E-state index is -0.0971. The topological polar surface area (TPSA) is 80.1 Å². The van der Waals surface area contributed by atoms with Crippen molar-refractivity contribution in [2.24, 2.45) is 0 Å². The zero-order valence-electron chi connectivity index (χ0n) is 11.7. The standard InChI is InChI=1S/C15H21N3O2/c1-2-3-7-20-8-6-17-15(19)13-10-18-14-9-11(16)4-5-12(13)14/h4-5,9-10,18H,2-3,6-8,16H2,1H3,(H,17,19). The number of hydrogen-bond acceptors (Lipinski definition) is 3. The predicted octanol–water partition coefficient (Wildman–Crippen LogP) is 2.30. The Hall–Kier alpha value is -2.01. The van der Waals surface area contributed by atoms with Crippen molar-refractivity contribution in [2.45, 2.75) is 19.8 Å². The zero-order valence-corrected chi connectivity index (χ0v) is 11.7. The molecule has 4 N–H and O–H groups in total. The van der Waals surface area contributed by atoms with Crippen molar-refractivity contribution in [1.29, 1.82) is 0 Å². The maximum atomic E-state index is 12.1. The minimum absolute atomic E-state index is 0.0971. The fraction of sp³-hybridized carbons (Fsp3) is 0.400. The van der Waals surface area contributed by atoms with Crippen LogP contribution in [0.25, 0.3) is 10.9 Å². The number of nitrogens with one attached hydrogen (secondary N) is 2. The highest BCUT2D eigenvalue weighted by Gasteiger charge is 2.11. The van der Waals surface area contributed by atoms with E-state index in [0.717, 1.165) is 30.4 Å². The van der Waals surface area contributed by atoms with E-state index in [1.807, 2.05) is 12.1 Å². The number of H-pyrrole nitrogens is 1. The van der Waals surface area contributed by atoms with Crippen LogP contribution in [0.1, 0.15) is 30.1 Å². The molecule has 20 heavy (non-hydrogen) atoms. The number of rotatable bonds is 7. The van der Waals surface area contributed by atoms with E-state index < -0.39 is 0 Å². The van der Waals surface area contributed by atoms with Gasteiger partial charge in [0.15, 0.2) is 0 Å². The molecule has 0 radical (unpaired) electrons. The third-order valence-electron chi connectivity index (χ3n) is 3.12. The van der Waals surface area contributed by atoms with E-state index >= 15 is 0 Å². The van der Waals surface area contributed by atoms with Gasteiger partial charge in [-0.1, -0.05) is 13.3 Å². The number of nitrogens with two attached hydrogens (primary N) is 1. The SMILES string of the molecule is CCCCOCCNC(=O)c1c[nH]c2cc(N)ccc12. The van der Waals surface area contributed by atoms with Crippen LogP contribution in [-0.2, 0) is 4.74 Å². The number of fused-ring (bicyclic) bond motifs is 1. The summed E-state index contributed by atoms with van der Waals surface area (Å²) in [5, 5.41) is 3.73. The molecule has 0 saturated carbocycles. The summed E-state index contributed by atoms with van der Waals surface area (Å²) in [6, 6.07) is 5.47. The first-order valence-electron chi connectivity index (χ1n) is 6.95. The Labute approximate surface area is 118 Å². The summed E-state index contributed by atoms with van der Waals surface area (Å²) < 4.78 is 5.41. The van der Waals surface area contributed by atoms with Gasteiger partial charge in [0.05, 0.1) is 12.2 Å². The molecule has 0 bridgehead atoms. The second-order valence-electron chi connectivity index (χ2n) is 4.73. The van der Waals surface area contributed by atoms with Crippen LogP contribution >= 0.6 is 0 Å². The Bertz CT molecular complexity index is 578. The van der Waals surface area contributed by atoms with E-state index in [0.29, 0.717) is 24.4 Å². The summed E-state index contributed by atoms with van der Waals surface area (Å²) in [5.74, 6) is -0.0971. The van der Waals surface area contributed by atoms with E-state index in [4.69, 9.17) is 10.5 Å². The van der Waals surface area contributed by atoms with Gasteiger partial charge in [0.2, 0.25) is 0 Å². The number of nitrogen functional groups attached to an aromatic ring is 1. The molecular weight excluding hydrogens is 254 g/mol. The van der Waals surface area contributed by atoms with Crippen molar-refractivity contribution in [3.63, 3.8) is 0 Å². The molecule has 0 unspecified atom stereocenters. The molecule has 0 aliphatic carbocycles. The molecule has 0 aliphatic rings. The van der Waals surface area contributed by atoms with Gasteiger partial charge in [-0.05, 0) is 24.6 Å². The summed E-state index contributed by atoms with van der Waals surface area (Å²) in [6.45, 7) is 3.93. The first-order valence-corrected chi connectivity index (χ1v) is 6.95. The molecule has 1 amide bonds. The van der Waals surface area contributed by atoms with Crippen LogP contribution < -0.4 is 11.1 Å². The number of aromatic amines is 1. The van der Waals surface area contributed by atoms with Gasteiger partial charge in [-0.15, -0.1) is 0 Å². The largest absolute Gasteiger partial charge is 0.399 e. The summed E-state index contributed by atoms with van der Waals surface area (Å²) in [7, 11) is 0. The maximum Gasteiger partial charge on any atom is 0.253 e. The van der Waals surface area contributed by atoms with E-state index in [2.05, 4.69) is 17.2 Å². The third kappa shape index (κ3) is 3.51. The van der Waals surface area contributed by atoms with E-state index in [9.17, 15) is 4.79 Å². The summed E-state index contributed by atoms with van der Waals surface area (Å²) >= 11 is 0. The Morgan fingerprint density at radius 1 is 1.40 bits per heavy atom. The average molecular weight is 275 g/mol. The number of benzene rings is 1. The highest BCUT2D eigenvalue weighted by Crippen LogP contribution is 2.20. The number of carbonyl (C=O) groups is 1. The normalized spacial score (nSPS) is 10.8. The number of hydrogen-bond donors (Lipinski definition) is 3. The van der Waals surface area contributed by atoms with E-state index in [-0.39, 0.29) is 5.91 Å². The smallest absolute Gasteiger partial charge is 0.253 e. The highest BCUT2D eigenvalue weighted by atomic mass is 16.5. The van der Waals surface area contributed by atoms with Crippen molar-refractivity contribution in [1.82, 2.24) is 10.3 Å². The predicted molar refractivity (Wildman–Crippen MR) is 80.8 cm³/mol. The number of amides is 1. The molecule has 1 heterocycles. The van der Waals surface area contributed by atoms with Gasteiger partial charge < -0.3 is 20.8 Å². The fourth-order valence-electron chi connectivity index (χ4n) is 2.01. The minimum Gasteiger partial charge on any atom is -0.399 e. The van der Waals surface area contributed by atoms with Gasteiger partial charge >= 0.3 is 0 Å². The molecule has 0 atom stereocenters. The molecule has 108 valence electrons. The number of unbranched alkanes of at least 4 members (excludes halogenated alkanes) is 1. The van der Waals surface area contributed by atoms with Crippen LogP contribution in [0.3, 0.4) is 0 Å². The first-order chi connectivity index (χ1) is 9.72. The van der Waals surface area contributed by atoms with Crippen LogP contribution in [-0.4, -0.2) is 30.6 Å². The average Bonchev–Trinajstić information content (AvgIpc) is 2.85. The van der Waals surface area contributed by atoms with Gasteiger partial charge in [0.1, 0.15) is 0 Å². The van der Waals surface area contributed by atoms with Crippen molar-refractivity contribution in [3.8, 4) is 0 Å². The van der Waals surface area contributed by atoms with E-state index in [1.165, 1.54) is 0 Å². The Morgan fingerprint density at radius 3 is 3.05 bits per heavy atom. The van der Waals surface area contributed by atoms with Gasteiger partial charge in [-0.25, -0.2) is 0 Å². The molecule has 5 nitrogen and oxygen atoms in total. The van der Waals surface area contributed by atoms with Crippen LogP contribution in [0.2, 0.25) is 0 Å². The number of aromatic nitrogens is 1. The fourth-order valence-corrected chi connectivity index (χ4v) is 2.01. The molecule has 2 rings (SSSR count). The monoisotopic (exact) mass is 275 g/mol. The Balaban J connectivity index is 1.88. The molecule has 0 aliphatic heterocycles. The van der Waals surface area contributed by atoms with E-state index in [1.54, 1.807) is 12.3 Å². The second-order valence-corrected chi connectivity index (χ2v) is 4.73. The van der Waals surface area contributed by atoms with Gasteiger partial charge in [0.25, 0.3) is 5.91 Å². The van der Waals surface area contributed by atoms with Gasteiger partial charge in [-0.3, -0.25) is 4.79 Å². The Morgan fingerprint density at radius 2 is 2.25 bits per heavy atom. The molecule has 0 saturated heterocycles. The van der Waals surface area contributed by atoms with Crippen LogP contribution in [0.5, 0.6) is 0 Å². The van der Waals surface area contributed by atoms with Crippen molar-refractivity contribution >= 4 is 22.5 Å². The van der Waals surface area contributed by atoms with Crippen LogP contribution in [0.4, 0.5) is 5.69 Å². The lowest BCUT2D eigenvalue weighted by molar-refractivity contribution is 0.0914. The molecule has 2 aromatic rings. The second kappa shape index (κ2) is 6.96. The van der Waals surface area contributed by atoms with Crippen molar-refractivity contribution in [3.05, 3.63) is 30.0 Å². The third-order valence-corrected chi connectivity index (χ3v) is 3.12. The first kappa shape index (κ1) is 14.4. The van der Waals surface area contributed by atoms with Gasteiger partial charge in [-0.2, -0.15) is 0 Å². The van der Waals surface area contributed by atoms with Crippen LogP contribution in [0.15, 0.2) is 24.4 Å². The number of ether oxygens (including phenoxy) is 1. The van der Waals surface area contributed by atoms with Crippen LogP contribution in [0, 0.1) is 0 Å². The van der Waals surface area contributed by atoms with Gasteiger partial charge in [0, 0.05) is 35.9 Å². The lowest BCUT2D eigenvalue weighted by atomic mass is 10.1. The number of anilines is 1. The molecule has 1 aromatic carbocycles. The Kier molecular flexibility index (Phi) is 5.01. The highest BCUT2D eigenvalue weighted by molar-refractivity contribution is 6.07. The summed E-state index contributed by atoms with van der Waals surface area (Å²) in [6.07, 6.45) is 3.88. The molecule has 1 aromatic heterocycles. The zero-order chi connectivity index (χ0) is 14.4.